The van der Waals surface area contributed by atoms with E-state index in [0.717, 1.165) is 18.2 Å². The Labute approximate surface area is 122 Å². The summed E-state index contributed by atoms with van der Waals surface area (Å²) in [7, 11) is 0. The zero-order chi connectivity index (χ0) is 9.90. The standard InChI is InChI=1S/C8H6BF4.K/c10-8-3-1-7(2-4-8)5-6-9(11,12)13;/h1-6H;/q-1;+1. The van der Waals surface area contributed by atoms with Crippen LogP contribution in [0.3, 0.4) is 0 Å². The second-order valence-corrected chi connectivity index (χ2v) is 2.54. The van der Waals surface area contributed by atoms with Gasteiger partial charge >= 0.3 is 58.4 Å². The topological polar surface area (TPSA) is 0 Å². The fraction of sp³-hybridized carbons (Fsp3) is 0. The molecule has 0 aliphatic carbocycles. The van der Waals surface area contributed by atoms with Crippen molar-refractivity contribution >= 4 is 13.1 Å². The van der Waals surface area contributed by atoms with E-state index in [1.54, 1.807) is 0 Å². The van der Waals surface area contributed by atoms with Crippen LogP contribution in [-0.4, -0.2) is 6.98 Å². The third-order valence-corrected chi connectivity index (χ3v) is 1.38. The summed E-state index contributed by atoms with van der Waals surface area (Å²) in [5, 5.41) is 0. The molecule has 0 radical (unpaired) electrons. The van der Waals surface area contributed by atoms with Gasteiger partial charge < -0.3 is 12.9 Å². The van der Waals surface area contributed by atoms with Gasteiger partial charge in [0.15, 0.2) is 0 Å². The van der Waals surface area contributed by atoms with Gasteiger partial charge in [-0.05, 0) is 17.7 Å². The molecule has 0 bridgehead atoms. The quantitative estimate of drug-likeness (QED) is 0.502. The molecule has 0 N–H and O–H groups in total. The predicted molar refractivity (Wildman–Crippen MR) is 44.5 cm³/mol. The molecule has 14 heavy (non-hydrogen) atoms. The van der Waals surface area contributed by atoms with E-state index in [4.69, 9.17) is 0 Å². The van der Waals surface area contributed by atoms with E-state index in [9.17, 15) is 17.3 Å². The van der Waals surface area contributed by atoms with Crippen molar-refractivity contribution in [3.05, 3.63) is 41.6 Å². The first-order chi connectivity index (χ1) is 5.97. The fourth-order valence-corrected chi connectivity index (χ4v) is 0.794. The smallest absolute Gasteiger partial charge is 0.445 e. The molecule has 1 rings (SSSR count). The Bertz CT molecular complexity index is 304. The molecular formula is C8H6BF4K. The van der Waals surface area contributed by atoms with Crippen LogP contribution in [0, 0.1) is 5.82 Å². The van der Waals surface area contributed by atoms with E-state index in [1.807, 2.05) is 0 Å². The summed E-state index contributed by atoms with van der Waals surface area (Å²) in [6.45, 7) is -4.91. The summed E-state index contributed by atoms with van der Waals surface area (Å²) >= 11 is 0. The molecule has 0 amide bonds. The van der Waals surface area contributed by atoms with Gasteiger partial charge in [0.1, 0.15) is 5.82 Å². The van der Waals surface area contributed by atoms with Crippen LogP contribution in [-0.2, 0) is 0 Å². The molecule has 0 saturated carbocycles. The molecule has 0 nitrogen and oxygen atoms in total. The average molecular weight is 228 g/mol. The molecule has 6 heteroatoms. The van der Waals surface area contributed by atoms with Crippen molar-refractivity contribution in [1.82, 2.24) is 0 Å². The minimum absolute atomic E-state index is 0. The summed E-state index contributed by atoms with van der Waals surface area (Å²) in [4.78, 5) is 0. The third-order valence-electron chi connectivity index (χ3n) is 1.38. The van der Waals surface area contributed by atoms with Crippen LogP contribution in [0.1, 0.15) is 5.56 Å². The van der Waals surface area contributed by atoms with Crippen LogP contribution in [0.4, 0.5) is 17.3 Å². The van der Waals surface area contributed by atoms with Crippen molar-refractivity contribution in [2.45, 2.75) is 0 Å². The molecule has 0 heterocycles. The monoisotopic (exact) mass is 228 g/mol. The maximum Gasteiger partial charge on any atom is 1.00 e. The van der Waals surface area contributed by atoms with Gasteiger partial charge in [0, 0.05) is 0 Å². The van der Waals surface area contributed by atoms with E-state index in [1.165, 1.54) is 12.1 Å². The second-order valence-electron chi connectivity index (χ2n) is 2.54. The molecule has 0 aromatic heterocycles. The summed E-state index contributed by atoms with van der Waals surface area (Å²) in [6.07, 6.45) is 0.916. The van der Waals surface area contributed by atoms with E-state index in [2.05, 4.69) is 0 Å². The fourth-order valence-electron chi connectivity index (χ4n) is 0.794. The molecule has 0 aliphatic rings. The van der Waals surface area contributed by atoms with Crippen molar-refractivity contribution < 1.29 is 68.7 Å². The van der Waals surface area contributed by atoms with E-state index >= 15 is 0 Å². The van der Waals surface area contributed by atoms with Crippen molar-refractivity contribution in [2.24, 2.45) is 0 Å². The summed E-state index contributed by atoms with van der Waals surface area (Å²) in [5.41, 5.74) is 0.334. The van der Waals surface area contributed by atoms with Crippen molar-refractivity contribution in [3.8, 4) is 0 Å². The SMILES string of the molecule is Fc1ccc(C=C[B-](F)(F)F)cc1.[K+]. The molecule has 0 spiro atoms. The molecule has 0 saturated heterocycles. The van der Waals surface area contributed by atoms with E-state index in [-0.39, 0.29) is 57.4 Å². The van der Waals surface area contributed by atoms with Crippen LogP contribution in [0.5, 0.6) is 0 Å². The molecule has 0 aliphatic heterocycles. The maximum absolute atomic E-state index is 12.3. The Hall–Kier alpha value is 0.381. The van der Waals surface area contributed by atoms with Gasteiger partial charge in [-0.2, -0.15) is 0 Å². The molecule has 0 fully saturated rings. The first kappa shape index (κ1) is 14.4. The number of halogens is 4. The Morgan fingerprint density at radius 2 is 1.50 bits per heavy atom. The number of benzene rings is 1. The molecule has 0 unspecified atom stereocenters. The Balaban J connectivity index is 0.00000169. The van der Waals surface area contributed by atoms with Crippen molar-refractivity contribution in [1.29, 1.82) is 0 Å². The Morgan fingerprint density at radius 1 is 1.00 bits per heavy atom. The largest absolute Gasteiger partial charge is 1.00 e. The van der Waals surface area contributed by atoms with Crippen LogP contribution in [0.2, 0.25) is 0 Å². The Kier molecular flexibility index (Phi) is 6.24. The van der Waals surface area contributed by atoms with Crippen LogP contribution in [0.15, 0.2) is 30.2 Å². The zero-order valence-corrected chi connectivity index (χ0v) is 10.7. The second kappa shape index (κ2) is 6.07. The Morgan fingerprint density at radius 3 is 1.93 bits per heavy atom. The maximum atomic E-state index is 12.3. The normalized spacial score (nSPS) is 11.4. The number of rotatable bonds is 2. The van der Waals surface area contributed by atoms with Crippen LogP contribution >= 0.6 is 0 Å². The minimum atomic E-state index is -4.91. The molecule has 0 atom stereocenters. The summed E-state index contributed by atoms with van der Waals surface area (Å²) in [5.74, 6) is -0.289. The van der Waals surface area contributed by atoms with Crippen molar-refractivity contribution in [2.75, 3.05) is 0 Å². The molecule has 1 aromatic rings. The first-order valence-corrected chi connectivity index (χ1v) is 3.62. The first-order valence-electron chi connectivity index (χ1n) is 3.62. The third kappa shape index (κ3) is 5.98. The van der Waals surface area contributed by atoms with Crippen LogP contribution in [0.25, 0.3) is 6.08 Å². The van der Waals surface area contributed by atoms with E-state index < -0.39 is 12.8 Å². The van der Waals surface area contributed by atoms with Gasteiger partial charge in [0.05, 0.1) is 0 Å². The van der Waals surface area contributed by atoms with Gasteiger partial charge in [0.25, 0.3) is 0 Å². The number of hydrogen-bond acceptors (Lipinski definition) is 0. The molecule has 1 aromatic carbocycles. The van der Waals surface area contributed by atoms with E-state index in [0.29, 0.717) is 5.56 Å². The number of hydrogen-bond donors (Lipinski definition) is 0. The van der Waals surface area contributed by atoms with Gasteiger partial charge in [-0.25, -0.2) is 4.39 Å². The van der Waals surface area contributed by atoms with Crippen molar-refractivity contribution in [3.63, 3.8) is 0 Å². The zero-order valence-electron chi connectivity index (χ0n) is 7.55. The summed E-state index contributed by atoms with van der Waals surface area (Å²) < 4.78 is 47.5. The van der Waals surface area contributed by atoms with Gasteiger partial charge in [-0.15, -0.1) is 5.98 Å². The predicted octanol–water partition coefficient (Wildman–Crippen LogP) is 0.230. The van der Waals surface area contributed by atoms with Gasteiger partial charge in [-0.1, -0.05) is 18.2 Å². The minimum Gasteiger partial charge on any atom is -0.445 e. The summed E-state index contributed by atoms with van der Waals surface area (Å²) in [6, 6.07) is 4.80. The van der Waals surface area contributed by atoms with Gasteiger partial charge in [-0.3, -0.25) is 0 Å². The molecular weight excluding hydrogens is 222 g/mol. The average Bonchev–Trinajstić information content (AvgIpc) is 2.02. The van der Waals surface area contributed by atoms with Gasteiger partial charge in [0.2, 0.25) is 0 Å². The molecule has 70 valence electrons. The van der Waals surface area contributed by atoms with Crippen LogP contribution < -0.4 is 51.4 Å².